The van der Waals surface area contributed by atoms with E-state index in [4.69, 9.17) is 5.73 Å². The molecule has 8 nitrogen and oxygen atoms in total. The summed E-state index contributed by atoms with van der Waals surface area (Å²) < 4.78 is 0.605. The average molecular weight is 571 g/mol. The van der Waals surface area contributed by atoms with E-state index in [-0.39, 0.29) is 28.7 Å². The van der Waals surface area contributed by atoms with Crippen LogP contribution < -0.4 is 16.0 Å². The number of benzene rings is 2. The number of Topliss-reactive ketones (excluding diaryl/α,β-unsaturated/α-hetero) is 1. The zero-order valence-corrected chi connectivity index (χ0v) is 24.0. The molecular weight excluding hydrogens is 541 g/mol. The minimum Gasteiger partial charge on any atom is -0.384 e. The van der Waals surface area contributed by atoms with Crippen molar-refractivity contribution < 1.29 is 9.59 Å². The molecule has 2 heterocycles. The third-order valence-electron chi connectivity index (χ3n) is 7.01. The quantitative estimate of drug-likeness (QED) is 0.365. The Morgan fingerprint density at radius 1 is 1.15 bits per heavy atom. The predicted octanol–water partition coefficient (Wildman–Crippen LogP) is 4.93. The zero-order chi connectivity index (χ0) is 28.3. The van der Waals surface area contributed by atoms with Crippen molar-refractivity contribution in [2.24, 2.45) is 11.1 Å². The number of carbonyl (C=O) groups excluding carboxylic acids is 2. The molecule has 0 radical (unpaired) electrons. The molecule has 1 amide bonds. The average Bonchev–Trinajstić information content (AvgIpc) is 3.40. The van der Waals surface area contributed by atoms with Crippen LogP contribution in [-0.2, 0) is 16.0 Å². The molecule has 40 heavy (non-hydrogen) atoms. The normalized spacial score (nSPS) is 18.4. The number of hydrogen-bond donors (Lipinski definition) is 2. The van der Waals surface area contributed by atoms with Gasteiger partial charge in [0.15, 0.2) is 10.1 Å². The molecule has 1 aliphatic carbocycles. The number of ketones is 1. The second-order valence-electron chi connectivity index (χ2n) is 10.6. The van der Waals surface area contributed by atoms with Gasteiger partial charge in [-0.15, -0.1) is 10.2 Å². The second kappa shape index (κ2) is 11.7. The van der Waals surface area contributed by atoms with Crippen molar-refractivity contribution in [3.05, 3.63) is 94.5 Å². The number of nitrogens with one attached hydrogen (secondary N) is 1. The lowest BCUT2D eigenvalue weighted by Crippen LogP contribution is -2.42. The molecule has 5 rings (SSSR count). The van der Waals surface area contributed by atoms with Crippen LogP contribution in [-0.4, -0.2) is 34.2 Å². The minimum absolute atomic E-state index is 0.0108. The van der Waals surface area contributed by atoms with Crippen molar-refractivity contribution in [2.45, 2.75) is 43.4 Å². The predicted molar refractivity (Wildman–Crippen MR) is 157 cm³/mol. The maximum Gasteiger partial charge on any atom is 0.230 e. The molecule has 3 N–H and O–H groups in total. The Morgan fingerprint density at radius 2 is 1.85 bits per heavy atom. The van der Waals surface area contributed by atoms with Crippen LogP contribution in [0.1, 0.15) is 43.7 Å². The third-order valence-corrected chi connectivity index (χ3v) is 9.05. The van der Waals surface area contributed by atoms with E-state index in [1.165, 1.54) is 28.7 Å². The van der Waals surface area contributed by atoms with E-state index in [2.05, 4.69) is 35.4 Å². The summed E-state index contributed by atoms with van der Waals surface area (Å²) in [7, 11) is 0. The van der Waals surface area contributed by atoms with E-state index < -0.39 is 5.92 Å². The van der Waals surface area contributed by atoms with Gasteiger partial charge in [-0.3, -0.25) is 14.5 Å². The Morgan fingerprint density at radius 3 is 2.55 bits per heavy atom. The number of nitriles is 1. The van der Waals surface area contributed by atoms with Crippen LogP contribution in [0.5, 0.6) is 0 Å². The van der Waals surface area contributed by atoms with E-state index in [1.54, 1.807) is 4.90 Å². The van der Waals surface area contributed by atoms with Crippen molar-refractivity contribution in [3.8, 4) is 6.07 Å². The van der Waals surface area contributed by atoms with Gasteiger partial charge in [0.1, 0.15) is 5.82 Å². The number of allylic oxidation sites excluding steroid dienone is 3. The van der Waals surface area contributed by atoms with Gasteiger partial charge >= 0.3 is 0 Å². The number of rotatable bonds is 8. The number of anilines is 1. The van der Waals surface area contributed by atoms with Crippen molar-refractivity contribution in [2.75, 3.05) is 17.2 Å². The largest absolute Gasteiger partial charge is 0.384 e. The van der Waals surface area contributed by atoms with Gasteiger partial charge < -0.3 is 11.1 Å². The van der Waals surface area contributed by atoms with Gasteiger partial charge in [-0.1, -0.05) is 97.6 Å². The van der Waals surface area contributed by atoms with Crippen LogP contribution >= 0.6 is 23.1 Å². The molecule has 2 aliphatic rings. The van der Waals surface area contributed by atoms with E-state index in [9.17, 15) is 14.9 Å². The molecule has 1 atom stereocenters. The molecule has 0 spiro atoms. The number of nitrogens with two attached hydrogens (primary N) is 1. The Bertz CT molecular complexity index is 1520. The molecule has 0 saturated carbocycles. The maximum absolute atomic E-state index is 13.6. The molecule has 2 aromatic carbocycles. The second-order valence-corrected chi connectivity index (χ2v) is 12.8. The lowest BCUT2D eigenvalue weighted by molar-refractivity contribution is -0.119. The van der Waals surface area contributed by atoms with E-state index >= 15 is 0 Å². The Balaban J connectivity index is 1.37. The van der Waals surface area contributed by atoms with Crippen LogP contribution in [0.25, 0.3) is 0 Å². The first-order valence-corrected chi connectivity index (χ1v) is 14.9. The molecular formula is C30H30N6O2S2. The summed E-state index contributed by atoms with van der Waals surface area (Å²) in [6, 6.07) is 21.8. The van der Waals surface area contributed by atoms with Gasteiger partial charge in [-0.25, -0.2) is 0 Å². The number of aromatic nitrogens is 2. The summed E-state index contributed by atoms with van der Waals surface area (Å²) in [6.45, 7) is 4.67. The van der Waals surface area contributed by atoms with Crippen LogP contribution in [0.2, 0.25) is 0 Å². The van der Waals surface area contributed by atoms with E-state index in [0.29, 0.717) is 40.0 Å². The molecule has 1 aliphatic heterocycles. The molecule has 1 unspecified atom stereocenters. The number of amides is 1. The van der Waals surface area contributed by atoms with Gasteiger partial charge in [0.05, 0.1) is 23.3 Å². The van der Waals surface area contributed by atoms with Crippen molar-refractivity contribution in [3.63, 3.8) is 0 Å². The summed E-state index contributed by atoms with van der Waals surface area (Å²) in [5.41, 5.74) is 10.1. The topological polar surface area (TPSA) is 125 Å². The lowest BCUT2D eigenvalue weighted by atomic mass is 9.69. The first-order chi connectivity index (χ1) is 19.3. The fourth-order valence-electron chi connectivity index (χ4n) is 5.23. The molecule has 0 saturated heterocycles. The van der Waals surface area contributed by atoms with Crippen molar-refractivity contribution in [1.82, 2.24) is 15.5 Å². The summed E-state index contributed by atoms with van der Waals surface area (Å²) in [5, 5.41) is 22.3. The van der Waals surface area contributed by atoms with Gasteiger partial charge in [-0.05, 0) is 29.4 Å². The molecule has 0 bridgehead atoms. The highest BCUT2D eigenvalue weighted by Crippen LogP contribution is 2.50. The first-order valence-electron chi connectivity index (χ1n) is 13.1. The molecule has 3 aromatic rings. The standard InChI is InChI=1S/C30H30N6O2S2/c1-30(2)15-22-26(23(37)16-30)25(20-11-7-4-8-12-20)21(17-31)27(32)36(22)28-34-35-29(40-28)39-18-24(38)33-14-13-19-9-5-3-6-10-19/h3-12,25H,13-16,18,32H2,1-2H3,(H,33,38). The number of hydrogen-bond acceptors (Lipinski definition) is 9. The smallest absolute Gasteiger partial charge is 0.230 e. The molecule has 204 valence electrons. The highest BCUT2D eigenvalue weighted by molar-refractivity contribution is 8.01. The zero-order valence-electron chi connectivity index (χ0n) is 22.4. The van der Waals surface area contributed by atoms with Crippen LogP contribution in [0, 0.1) is 16.7 Å². The highest BCUT2D eigenvalue weighted by Gasteiger charge is 2.45. The van der Waals surface area contributed by atoms with E-state index in [1.807, 2.05) is 60.7 Å². The van der Waals surface area contributed by atoms with Crippen molar-refractivity contribution in [1.29, 1.82) is 5.26 Å². The Kier molecular flexibility index (Phi) is 8.05. The molecule has 10 heteroatoms. The summed E-state index contributed by atoms with van der Waals surface area (Å²) in [4.78, 5) is 27.7. The molecule has 0 fully saturated rings. The number of carbonyl (C=O) groups is 2. The lowest BCUT2D eigenvalue weighted by Gasteiger charge is -2.42. The minimum atomic E-state index is -0.526. The monoisotopic (exact) mass is 570 g/mol. The number of thioether (sulfide) groups is 1. The van der Waals surface area contributed by atoms with Crippen molar-refractivity contribution >= 4 is 39.9 Å². The highest BCUT2D eigenvalue weighted by atomic mass is 32.2. The summed E-state index contributed by atoms with van der Waals surface area (Å²) in [6.07, 6.45) is 1.75. The first kappa shape index (κ1) is 27.6. The molecule has 1 aromatic heterocycles. The Hall–Kier alpha value is -3.94. The summed E-state index contributed by atoms with van der Waals surface area (Å²) >= 11 is 2.59. The van der Waals surface area contributed by atoms with Gasteiger partial charge in [0, 0.05) is 24.2 Å². The SMILES string of the molecule is CC1(C)CC(=O)C2=C(C1)N(c1nnc(SCC(=O)NCCc3ccccc3)s1)C(N)=C(C#N)C2c1ccccc1. The van der Waals surface area contributed by atoms with Gasteiger partial charge in [-0.2, -0.15) is 5.26 Å². The fourth-order valence-corrected chi connectivity index (χ4v) is 6.94. The van der Waals surface area contributed by atoms with Crippen LogP contribution in [0.4, 0.5) is 5.13 Å². The fraction of sp³-hybridized carbons (Fsp3) is 0.300. The van der Waals surface area contributed by atoms with Crippen LogP contribution in [0.15, 0.2) is 87.7 Å². The van der Waals surface area contributed by atoms with Gasteiger partial charge in [0.2, 0.25) is 11.0 Å². The van der Waals surface area contributed by atoms with Gasteiger partial charge in [0.25, 0.3) is 0 Å². The Labute approximate surface area is 242 Å². The number of nitrogens with zero attached hydrogens (tertiary/aromatic N) is 4. The van der Waals surface area contributed by atoms with Crippen LogP contribution in [0.3, 0.4) is 0 Å². The third kappa shape index (κ3) is 5.81. The maximum atomic E-state index is 13.6. The summed E-state index contributed by atoms with van der Waals surface area (Å²) in [5.74, 6) is -0.142. The van der Waals surface area contributed by atoms with E-state index in [0.717, 1.165) is 17.7 Å².